The fourth-order valence-corrected chi connectivity index (χ4v) is 5.41. The Morgan fingerprint density at radius 2 is 2.04 bits per heavy atom. The van der Waals surface area contributed by atoms with Crippen molar-refractivity contribution in [3.05, 3.63) is 47.6 Å². The summed E-state index contributed by atoms with van der Waals surface area (Å²) in [5.41, 5.74) is 0. The molecule has 0 spiro atoms. The zero-order valence-electron chi connectivity index (χ0n) is 14.4. The first-order chi connectivity index (χ1) is 13.0. The highest BCUT2D eigenvalue weighted by molar-refractivity contribution is 7.89. The van der Waals surface area contributed by atoms with Crippen molar-refractivity contribution in [2.45, 2.75) is 24.3 Å². The number of piperidine rings is 1. The number of thiophene rings is 1. The SMILES string of the molecule is O=S(=O)(c1ccc(F)cc1)N1CCC[C@@H](Cn2nnc(-c3cccs3)n2)C1. The summed E-state index contributed by atoms with van der Waals surface area (Å²) in [6.45, 7) is 1.35. The Morgan fingerprint density at radius 3 is 2.78 bits per heavy atom. The summed E-state index contributed by atoms with van der Waals surface area (Å²) in [7, 11) is -3.63. The second kappa shape index (κ2) is 7.45. The first-order valence-corrected chi connectivity index (χ1v) is 10.9. The van der Waals surface area contributed by atoms with Crippen LogP contribution in [0.3, 0.4) is 0 Å². The molecule has 10 heteroatoms. The van der Waals surface area contributed by atoms with E-state index < -0.39 is 15.8 Å². The molecule has 0 amide bonds. The number of rotatable bonds is 5. The normalized spacial score (nSPS) is 18.6. The number of tetrazole rings is 1. The zero-order chi connectivity index (χ0) is 18.9. The number of hydrogen-bond acceptors (Lipinski definition) is 6. The molecule has 142 valence electrons. The van der Waals surface area contributed by atoms with E-state index in [4.69, 9.17) is 0 Å². The Kier molecular flexibility index (Phi) is 5.02. The van der Waals surface area contributed by atoms with Gasteiger partial charge < -0.3 is 0 Å². The van der Waals surface area contributed by atoms with Crippen molar-refractivity contribution in [1.29, 1.82) is 0 Å². The van der Waals surface area contributed by atoms with E-state index in [0.717, 1.165) is 17.7 Å². The van der Waals surface area contributed by atoms with Crippen LogP contribution in [0, 0.1) is 11.7 Å². The van der Waals surface area contributed by atoms with Gasteiger partial charge in [-0.1, -0.05) is 6.07 Å². The van der Waals surface area contributed by atoms with Gasteiger partial charge in [0.05, 0.1) is 16.3 Å². The van der Waals surface area contributed by atoms with Gasteiger partial charge in [0, 0.05) is 13.1 Å². The quantitative estimate of drug-likeness (QED) is 0.650. The molecule has 0 radical (unpaired) electrons. The third kappa shape index (κ3) is 3.92. The zero-order valence-corrected chi connectivity index (χ0v) is 16.0. The highest BCUT2D eigenvalue weighted by Gasteiger charge is 2.30. The third-order valence-electron chi connectivity index (χ3n) is 4.55. The highest BCUT2D eigenvalue weighted by atomic mass is 32.2. The van der Waals surface area contributed by atoms with Crippen LogP contribution in [0.4, 0.5) is 4.39 Å². The predicted octanol–water partition coefficient (Wildman–Crippen LogP) is 2.64. The van der Waals surface area contributed by atoms with Gasteiger partial charge >= 0.3 is 0 Å². The minimum atomic E-state index is -3.63. The molecular weight excluding hydrogens is 389 g/mol. The smallest absolute Gasteiger partial charge is 0.207 e. The molecule has 7 nitrogen and oxygen atoms in total. The molecule has 27 heavy (non-hydrogen) atoms. The van der Waals surface area contributed by atoms with Crippen LogP contribution in [-0.4, -0.2) is 46.0 Å². The lowest BCUT2D eigenvalue weighted by Gasteiger charge is -2.31. The van der Waals surface area contributed by atoms with E-state index in [9.17, 15) is 12.8 Å². The van der Waals surface area contributed by atoms with Crippen LogP contribution in [0.2, 0.25) is 0 Å². The van der Waals surface area contributed by atoms with Gasteiger partial charge in [-0.15, -0.1) is 21.5 Å². The first kappa shape index (κ1) is 18.2. The fraction of sp³-hybridized carbons (Fsp3) is 0.353. The summed E-state index contributed by atoms with van der Waals surface area (Å²) < 4.78 is 40.2. The van der Waals surface area contributed by atoms with Crippen LogP contribution in [0.5, 0.6) is 0 Å². The third-order valence-corrected chi connectivity index (χ3v) is 7.29. The number of benzene rings is 1. The van der Waals surface area contributed by atoms with E-state index in [-0.39, 0.29) is 10.8 Å². The Morgan fingerprint density at radius 1 is 1.22 bits per heavy atom. The molecule has 1 fully saturated rings. The summed E-state index contributed by atoms with van der Waals surface area (Å²) in [6, 6.07) is 8.81. The van der Waals surface area contributed by atoms with Gasteiger partial charge in [0.25, 0.3) is 0 Å². The van der Waals surface area contributed by atoms with Gasteiger partial charge in [-0.25, -0.2) is 12.8 Å². The molecule has 0 aliphatic carbocycles. The highest BCUT2D eigenvalue weighted by Crippen LogP contribution is 2.25. The standard InChI is InChI=1S/C17H18FN5O2S2/c18-14-5-7-15(8-6-14)27(24,25)22-9-1-3-13(11-22)12-23-20-17(19-21-23)16-4-2-10-26-16/h2,4-8,10,13H,1,3,9,11-12H2/t13-/m1/s1. The summed E-state index contributed by atoms with van der Waals surface area (Å²) >= 11 is 1.55. The topological polar surface area (TPSA) is 81.0 Å². The molecule has 1 atom stereocenters. The largest absolute Gasteiger partial charge is 0.243 e. The summed E-state index contributed by atoms with van der Waals surface area (Å²) in [6.07, 6.45) is 1.66. The molecule has 1 saturated heterocycles. The Bertz CT molecular complexity index is 1000. The van der Waals surface area contributed by atoms with Crippen LogP contribution >= 0.6 is 11.3 Å². The molecule has 0 bridgehead atoms. The van der Waals surface area contributed by atoms with Crippen LogP contribution in [0.25, 0.3) is 10.7 Å². The maximum absolute atomic E-state index is 13.1. The van der Waals surface area contributed by atoms with Crippen molar-refractivity contribution < 1.29 is 12.8 Å². The maximum atomic E-state index is 13.1. The van der Waals surface area contributed by atoms with E-state index in [0.29, 0.717) is 25.5 Å². The van der Waals surface area contributed by atoms with E-state index in [1.54, 1.807) is 11.3 Å². The van der Waals surface area contributed by atoms with Crippen LogP contribution < -0.4 is 0 Å². The molecule has 0 saturated carbocycles. The monoisotopic (exact) mass is 407 g/mol. The predicted molar refractivity (Wildman–Crippen MR) is 99.0 cm³/mol. The number of nitrogens with zero attached hydrogens (tertiary/aromatic N) is 5. The lowest BCUT2D eigenvalue weighted by atomic mass is 10.00. The minimum absolute atomic E-state index is 0.0966. The lowest BCUT2D eigenvalue weighted by Crippen LogP contribution is -2.41. The van der Waals surface area contributed by atoms with E-state index in [2.05, 4.69) is 15.4 Å². The summed E-state index contributed by atoms with van der Waals surface area (Å²) in [5, 5.41) is 14.5. The van der Waals surface area contributed by atoms with Crippen molar-refractivity contribution >= 4 is 21.4 Å². The average molecular weight is 407 g/mol. The molecule has 0 N–H and O–H groups in total. The van der Waals surface area contributed by atoms with Crippen molar-refractivity contribution in [2.75, 3.05) is 13.1 Å². The second-order valence-corrected chi connectivity index (χ2v) is 9.36. The first-order valence-electron chi connectivity index (χ1n) is 8.60. The summed E-state index contributed by atoms with van der Waals surface area (Å²) in [4.78, 5) is 2.60. The number of hydrogen-bond donors (Lipinski definition) is 0. The fourth-order valence-electron chi connectivity index (χ4n) is 3.21. The molecule has 0 unspecified atom stereocenters. The minimum Gasteiger partial charge on any atom is -0.207 e. The van der Waals surface area contributed by atoms with Crippen molar-refractivity contribution in [2.24, 2.45) is 5.92 Å². The molecule has 1 aliphatic rings. The summed E-state index contributed by atoms with van der Waals surface area (Å²) in [5.74, 6) is 0.222. The van der Waals surface area contributed by atoms with Gasteiger partial charge in [-0.2, -0.15) is 9.10 Å². The van der Waals surface area contributed by atoms with Gasteiger partial charge in [0.1, 0.15) is 5.82 Å². The Labute approximate surface area is 160 Å². The number of aromatic nitrogens is 4. The molecule has 4 rings (SSSR count). The molecular formula is C17H18FN5O2S2. The Balaban J connectivity index is 1.46. The van der Waals surface area contributed by atoms with Crippen molar-refractivity contribution in [1.82, 2.24) is 24.5 Å². The van der Waals surface area contributed by atoms with Gasteiger partial charge in [-0.3, -0.25) is 0 Å². The number of sulfonamides is 1. The van der Waals surface area contributed by atoms with Crippen LogP contribution in [-0.2, 0) is 16.6 Å². The molecule has 1 aliphatic heterocycles. The Hall–Kier alpha value is -2.17. The second-order valence-electron chi connectivity index (χ2n) is 6.47. The maximum Gasteiger partial charge on any atom is 0.243 e. The number of halogens is 1. The van der Waals surface area contributed by atoms with Gasteiger partial charge in [0.2, 0.25) is 15.8 Å². The van der Waals surface area contributed by atoms with Crippen LogP contribution in [0.15, 0.2) is 46.7 Å². The van der Waals surface area contributed by atoms with Gasteiger partial charge in [0.15, 0.2) is 0 Å². The molecule has 2 aromatic heterocycles. The van der Waals surface area contributed by atoms with E-state index in [1.165, 1.54) is 33.4 Å². The molecule has 3 heterocycles. The van der Waals surface area contributed by atoms with Gasteiger partial charge in [-0.05, 0) is 59.7 Å². The molecule has 3 aromatic rings. The van der Waals surface area contributed by atoms with E-state index >= 15 is 0 Å². The van der Waals surface area contributed by atoms with Crippen molar-refractivity contribution in [3.8, 4) is 10.7 Å². The average Bonchev–Trinajstić information content (AvgIpc) is 3.34. The molecule has 1 aromatic carbocycles. The van der Waals surface area contributed by atoms with Crippen molar-refractivity contribution in [3.63, 3.8) is 0 Å². The van der Waals surface area contributed by atoms with E-state index in [1.807, 2.05) is 17.5 Å². The van der Waals surface area contributed by atoms with Crippen LogP contribution in [0.1, 0.15) is 12.8 Å². The lowest BCUT2D eigenvalue weighted by molar-refractivity contribution is 0.231.